The Kier molecular flexibility index (Phi) is 2.68. The maximum absolute atomic E-state index is 12.1. The van der Waals surface area contributed by atoms with Gasteiger partial charge in [0.1, 0.15) is 11.4 Å². The number of alkyl halides is 3. The molecule has 4 nitrogen and oxygen atoms in total. The molecule has 0 unspecified atom stereocenters. The number of aromatic nitrogens is 2. The van der Waals surface area contributed by atoms with Gasteiger partial charge in [-0.2, -0.15) is 13.2 Å². The molecule has 0 bridgehead atoms. The molecule has 1 N–H and O–H groups in total. The second-order valence-electron chi connectivity index (χ2n) is 2.45. The van der Waals surface area contributed by atoms with E-state index in [1.807, 2.05) is 0 Å². The van der Waals surface area contributed by atoms with Crippen molar-refractivity contribution in [2.75, 3.05) is 0 Å². The molecular weight excluding hydrogens is 199 g/mol. The monoisotopic (exact) mass is 205 g/mol. The number of hydrogen-bond acceptors (Lipinski definition) is 4. The predicted molar refractivity (Wildman–Crippen MR) is 41.0 cm³/mol. The summed E-state index contributed by atoms with van der Waals surface area (Å²) in [5, 5.41) is 11.0. The van der Waals surface area contributed by atoms with E-state index in [9.17, 15) is 13.2 Å². The molecule has 0 atom stereocenters. The van der Waals surface area contributed by atoms with E-state index in [4.69, 9.17) is 5.21 Å². The van der Waals surface area contributed by atoms with Gasteiger partial charge in [0.15, 0.2) is 5.82 Å². The molecule has 0 aliphatic heterocycles. The van der Waals surface area contributed by atoms with Gasteiger partial charge in [0.2, 0.25) is 0 Å². The second kappa shape index (κ2) is 3.60. The summed E-state index contributed by atoms with van der Waals surface area (Å²) in [6, 6.07) is 0.744. The minimum absolute atomic E-state index is 0.0731. The molecule has 0 aromatic carbocycles. The van der Waals surface area contributed by atoms with Gasteiger partial charge in [-0.25, -0.2) is 9.97 Å². The van der Waals surface area contributed by atoms with Gasteiger partial charge < -0.3 is 5.21 Å². The number of rotatable bonds is 1. The Hall–Kier alpha value is -1.66. The average molecular weight is 205 g/mol. The standard InChI is InChI=1S/C7H6F3N3O/c1-4(13-14)6-11-3-2-5(12-6)7(8,9)10/h2-3,14H,1H3. The topological polar surface area (TPSA) is 58.4 Å². The van der Waals surface area contributed by atoms with Crippen molar-refractivity contribution in [3.8, 4) is 0 Å². The Morgan fingerprint density at radius 3 is 2.64 bits per heavy atom. The maximum Gasteiger partial charge on any atom is 0.433 e. The first-order chi connectivity index (χ1) is 6.45. The fourth-order valence-electron chi connectivity index (χ4n) is 0.736. The number of hydrogen-bond donors (Lipinski definition) is 1. The first-order valence-corrected chi connectivity index (χ1v) is 3.54. The van der Waals surface area contributed by atoms with Crippen LogP contribution in [0.1, 0.15) is 18.4 Å². The van der Waals surface area contributed by atoms with Crippen LogP contribution in [0.4, 0.5) is 13.2 Å². The van der Waals surface area contributed by atoms with Gasteiger partial charge in [-0.1, -0.05) is 5.16 Å². The quantitative estimate of drug-likeness (QED) is 0.431. The van der Waals surface area contributed by atoms with Crippen LogP contribution in [0.3, 0.4) is 0 Å². The van der Waals surface area contributed by atoms with E-state index in [0.717, 1.165) is 12.3 Å². The molecule has 0 saturated heterocycles. The van der Waals surface area contributed by atoms with Crippen molar-refractivity contribution in [1.29, 1.82) is 0 Å². The summed E-state index contributed by atoms with van der Waals surface area (Å²) in [5.41, 5.74) is -1.14. The van der Waals surface area contributed by atoms with Crippen LogP contribution in [0.2, 0.25) is 0 Å². The van der Waals surface area contributed by atoms with E-state index in [1.165, 1.54) is 6.92 Å². The van der Waals surface area contributed by atoms with Gasteiger partial charge >= 0.3 is 6.18 Å². The Morgan fingerprint density at radius 2 is 2.14 bits per heavy atom. The largest absolute Gasteiger partial charge is 0.433 e. The first-order valence-electron chi connectivity index (χ1n) is 3.54. The minimum atomic E-state index is -4.52. The van der Waals surface area contributed by atoms with Crippen molar-refractivity contribution in [2.45, 2.75) is 13.1 Å². The highest BCUT2D eigenvalue weighted by atomic mass is 19.4. The van der Waals surface area contributed by atoms with E-state index in [-0.39, 0.29) is 11.5 Å². The highest BCUT2D eigenvalue weighted by Crippen LogP contribution is 2.26. The predicted octanol–water partition coefficient (Wildman–Crippen LogP) is 1.69. The second-order valence-corrected chi connectivity index (χ2v) is 2.45. The summed E-state index contributed by atoms with van der Waals surface area (Å²) in [6.45, 7) is 1.30. The van der Waals surface area contributed by atoms with Crippen LogP contribution in [0.15, 0.2) is 17.4 Å². The van der Waals surface area contributed by atoms with Crippen LogP contribution < -0.4 is 0 Å². The maximum atomic E-state index is 12.1. The van der Waals surface area contributed by atoms with Crippen LogP contribution in [-0.2, 0) is 6.18 Å². The van der Waals surface area contributed by atoms with E-state index in [0.29, 0.717) is 0 Å². The smallest absolute Gasteiger partial charge is 0.411 e. The van der Waals surface area contributed by atoms with Crippen molar-refractivity contribution in [3.05, 3.63) is 23.8 Å². The number of halogens is 3. The normalized spacial score (nSPS) is 13.0. The molecule has 1 heterocycles. The zero-order chi connectivity index (χ0) is 10.8. The zero-order valence-corrected chi connectivity index (χ0v) is 7.08. The minimum Gasteiger partial charge on any atom is -0.411 e. The van der Waals surface area contributed by atoms with Gasteiger partial charge in [0, 0.05) is 6.20 Å². The van der Waals surface area contributed by atoms with E-state index in [2.05, 4.69) is 15.1 Å². The zero-order valence-electron chi connectivity index (χ0n) is 7.08. The summed E-state index contributed by atoms with van der Waals surface area (Å²) in [4.78, 5) is 6.71. The Labute approximate surface area is 77.1 Å². The summed E-state index contributed by atoms with van der Waals surface area (Å²) >= 11 is 0. The molecule has 1 aromatic heterocycles. The van der Waals surface area contributed by atoms with Crippen molar-refractivity contribution in [2.24, 2.45) is 5.16 Å². The highest BCUT2D eigenvalue weighted by Gasteiger charge is 2.32. The number of oxime groups is 1. The molecule has 0 aliphatic rings. The van der Waals surface area contributed by atoms with Gasteiger partial charge in [-0.15, -0.1) is 0 Å². The lowest BCUT2D eigenvalue weighted by Gasteiger charge is -2.05. The van der Waals surface area contributed by atoms with Crippen LogP contribution in [-0.4, -0.2) is 20.9 Å². The Bertz CT molecular complexity index is 361. The lowest BCUT2D eigenvalue weighted by molar-refractivity contribution is -0.141. The molecule has 0 amide bonds. The molecule has 0 aliphatic carbocycles. The molecule has 0 fully saturated rings. The van der Waals surface area contributed by atoms with Crippen LogP contribution in [0, 0.1) is 0 Å². The lowest BCUT2D eigenvalue weighted by atomic mass is 10.3. The SMILES string of the molecule is CC(=NO)c1nccc(C(F)(F)F)n1. The molecule has 14 heavy (non-hydrogen) atoms. The Balaban J connectivity index is 3.14. The van der Waals surface area contributed by atoms with Crippen molar-refractivity contribution in [1.82, 2.24) is 9.97 Å². The summed E-state index contributed by atoms with van der Waals surface area (Å²) in [5.74, 6) is -0.248. The van der Waals surface area contributed by atoms with E-state index < -0.39 is 11.9 Å². The number of nitrogens with zero attached hydrogens (tertiary/aromatic N) is 3. The fraction of sp³-hybridized carbons (Fsp3) is 0.286. The average Bonchev–Trinajstić information content (AvgIpc) is 2.15. The van der Waals surface area contributed by atoms with Gasteiger partial charge in [0.05, 0.1) is 0 Å². The molecular formula is C7H6F3N3O. The molecule has 0 saturated carbocycles. The summed E-state index contributed by atoms with van der Waals surface area (Å²) < 4.78 is 36.4. The van der Waals surface area contributed by atoms with Crippen LogP contribution in [0.5, 0.6) is 0 Å². The van der Waals surface area contributed by atoms with Crippen LogP contribution >= 0.6 is 0 Å². The highest BCUT2D eigenvalue weighted by molar-refractivity contribution is 5.94. The fourth-order valence-corrected chi connectivity index (χ4v) is 0.736. The van der Waals surface area contributed by atoms with Crippen molar-refractivity contribution < 1.29 is 18.4 Å². The molecule has 7 heteroatoms. The molecule has 76 valence electrons. The van der Waals surface area contributed by atoms with Gasteiger partial charge in [0.25, 0.3) is 0 Å². The molecule has 1 rings (SSSR count). The third-order valence-electron chi connectivity index (χ3n) is 1.42. The molecule has 1 aromatic rings. The third kappa shape index (κ3) is 2.18. The third-order valence-corrected chi connectivity index (χ3v) is 1.42. The van der Waals surface area contributed by atoms with Crippen molar-refractivity contribution >= 4 is 5.71 Å². The Morgan fingerprint density at radius 1 is 1.50 bits per heavy atom. The summed E-state index contributed by atoms with van der Waals surface area (Å²) in [6.07, 6.45) is -3.56. The van der Waals surface area contributed by atoms with Crippen LogP contribution in [0.25, 0.3) is 0 Å². The lowest BCUT2D eigenvalue weighted by Crippen LogP contribution is -2.12. The molecule has 0 spiro atoms. The first kappa shape index (κ1) is 10.4. The van der Waals surface area contributed by atoms with Crippen molar-refractivity contribution in [3.63, 3.8) is 0 Å². The molecule has 0 radical (unpaired) electrons. The van der Waals surface area contributed by atoms with Gasteiger partial charge in [-0.05, 0) is 13.0 Å². The summed E-state index contributed by atoms with van der Waals surface area (Å²) in [7, 11) is 0. The van der Waals surface area contributed by atoms with E-state index >= 15 is 0 Å². The van der Waals surface area contributed by atoms with Gasteiger partial charge in [-0.3, -0.25) is 0 Å². The van der Waals surface area contributed by atoms with E-state index in [1.54, 1.807) is 0 Å².